The molecule has 0 saturated carbocycles. The summed E-state index contributed by atoms with van der Waals surface area (Å²) in [5.41, 5.74) is 3.56. The van der Waals surface area contributed by atoms with Crippen LogP contribution >= 0.6 is 11.6 Å². The minimum Gasteiger partial charge on any atom is -0.340 e. The van der Waals surface area contributed by atoms with Crippen molar-refractivity contribution in [3.8, 4) is 11.4 Å². The number of aryl methyl sites for hydroxylation is 1. The average Bonchev–Trinajstić information content (AvgIpc) is 2.88. The van der Waals surface area contributed by atoms with Gasteiger partial charge >= 0.3 is 0 Å². The molecule has 0 aliphatic carbocycles. The lowest BCUT2D eigenvalue weighted by Gasteiger charge is -2.32. The molecule has 1 aliphatic heterocycles. The monoisotopic (exact) mass is 490 g/mol. The minimum atomic E-state index is -0.455. The van der Waals surface area contributed by atoms with Crippen LogP contribution in [0.25, 0.3) is 22.3 Å². The van der Waals surface area contributed by atoms with E-state index in [4.69, 9.17) is 21.6 Å². The molecule has 0 spiro atoms. The summed E-state index contributed by atoms with van der Waals surface area (Å²) < 4.78 is 13.7. The van der Waals surface area contributed by atoms with Crippen LogP contribution in [0.3, 0.4) is 0 Å². The van der Waals surface area contributed by atoms with Gasteiger partial charge in [-0.3, -0.25) is 4.98 Å². The normalized spacial score (nSPS) is 14.9. The highest BCUT2D eigenvalue weighted by atomic mass is 35.5. The van der Waals surface area contributed by atoms with Gasteiger partial charge in [0.05, 0.1) is 10.5 Å². The van der Waals surface area contributed by atoms with E-state index in [1.165, 1.54) is 11.6 Å². The van der Waals surface area contributed by atoms with Gasteiger partial charge in [-0.1, -0.05) is 17.7 Å². The van der Waals surface area contributed by atoms with Gasteiger partial charge in [0.25, 0.3) is 0 Å². The summed E-state index contributed by atoms with van der Waals surface area (Å²) in [6.45, 7) is 5.63. The Labute approximate surface area is 209 Å². The highest BCUT2D eigenvalue weighted by Gasteiger charge is 2.14. The van der Waals surface area contributed by atoms with Crippen LogP contribution in [0.5, 0.6) is 0 Å². The van der Waals surface area contributed by atoms with Gasteiger partial charge in [-0.2, -0.15) is 0 Å². The average molecular weight is 491 g/mol. The topological polar surface area (TPSA) is 57.2 Å². The molecule has 2 aromatic carbocycles. The Morgan fingerprint density at radius 2 is 1.89 bits per heavy atom. The molecule has 0 unspecified atom stereocenters. The lowest BCUT2D eigenvalue weighted by Crippen LogP contribution is -2.44. The number of halogens is 2. The summed E-state index contributed by atoms with van der Waals surface area (Å²) in [6, 6.07) is 14.7. The maximum Gasteiger partial charge on any atom is 0.163 e. The first-order valence-corrected chi connectivity index (χ1v) is 12.3. The first-order chi connectivity index (χ1) is 17.0. The number of hydrogen-bond acceptors (Lipinski definition) is 6. The minimum absolute atomic E-state index is 0.0606. The van der Waals surface area contributed by atoms with Gasteiger partial charge in [-0.15, -0.1) is 0 Å². The van der Waals surface area contributed by atoms with E-state index in [0.29, 0.717) is 17.3 Å². The van der Waals surface area contributed by atoms with Crippen molar-refractivity contribution in [1.29, 1.82) is 0 Å². The van der Waals surface area contributed by atoms with Gasteiger partial charge in [-0.05, 0) is 74.5 Å². The molecule has 8 heteroatoms. The number of pyridine rings is 1. The van der Waals surface area contributed by atoms with Crippen molar-refractivity contribution < 1.29 is 4.39 Å². The van der Waals surface area contributed by atoms with Crippen molar-refractivity contribution in [1.82, 2.24) is 24.8 Å². The molecule has 3 heterocycles. The molecule has 35 heavy (non-hydrogen) atoms. The zero-order chi connectivity index (χ0) is 24.2. The molecule has 4 aromatic rings. The lowest BCUT2D eigenvalue weighted by atomic mass is 10.1. The molecular weight excluding hydrogens is 463 g/mol. The summed E-state index contributed by atoms with van der Waals surface area (Å²) >= 11 is 6.02. The zero-order valence-corrected chi connectivity index (χ0v) is 20.5. The van der Waals surface area contributed by atoms with E-state index in [0.717, 1.165) is 62.0 Å². The molecule has 5 rings (SSSR count). The van der Waals surface area contributed by atoms with E-state index in [9.17, 15) is 4.39 Å². The Morgan fingerprint density at radius 3 is 2.66 bits per heavy atom. The molecule has 2 aromatic heterocycles. The van der Waals surface area contributed by atoms with Crippen LogP contribution in [0.2, 0.25) is 5.02 Å². The van der Waals surface area contributed by atoms with Gasteiger partial charge in [0.2, 0.25) is 0 Å². The third-order valence-corrected chi connectivity index (χ3v) is 6.69. The standard InChI is InChI=1S/C27H28ClFN6/c1-34-12-14-35(15-13-34)11-3-4-19-6-9-25-22(16-19)27(31-21-7-8-24(29)23(28)17-21)33-26(32-25)20-5-2-10-30-18-20/h2,5-10,16-18H,3-4,11-15H2,1H3,(H,31,32,33). The smallest absolute Gasteiger partial charge is 0.163 e. The molecule has 180 valence electrons. The second-order valence-electron chi connectivity index (χ2n) is 8.99. The van der Waals surface area contributed by atoms with Gasteiger partial charge < -0.3 is 15.1 Å². The number of likely N-dealkylation sites (N-methyl/N-ethyl adjacent to an activating group) is 1. The van der Waals surface area contributed by atoms with Crippen molar-refractivity contribution in [3.63, 3.8) is 0 Å². The van der Waals surface area contributed by atoms with Gasteiger partial charge in [0, 0.05) is 55.2 Å². The fourth-order valence-electron chi connectivity index (χ4n) is 4.34. The largest absolute Gasteiger partial charge is 0.340 e. The summed E-state index contributed by atoms with van der Waals surface area (Å²) in [5, 5.41) is 4.30. The maximum atomic E-state index is 13.7. The van der Waals surface area contributed by atoms with Gasteiger partial charge in [-0.25, -0.2) is 14.4 Å². The molecule has 1 saturated heterocycles. The fourth-order valence-corrected chi connectivity index (χ4v) is 4.52. The van der Waals surface area contributed by atoms with Gasteiger partial charge in [0.1, 0.15) is 11.6 Å². The van der Waals surface area contributed by atoms with Crippen LogP contribution in [-0.2, 0) is 6.42 Å². The third kappa shape index (κ3) is 5.75. The molecule has 0 bridgehead atoms. The summed E-state index contributed by atoms with van der Waals surface area (Å²) in [6.07, 6.45) is 5.54. The first-order valence-electron chi connectivity index (χ1n) is 11.9. The number of benzene rings is 2. The second-order valence-corrected chi connectivity index (χ2v) is 9.40. The zero-order valence-electron chi connectivity index (χ0n) is 19.7. The number of anilines is 2. The lowest BCUT2D eigenvalue weighted by molar-refractivity contribution is 0.153. The van der Waals surface area contributed by atoms with Crippen LogP contribution in [0.4, 0.5) is 15.9 Å². The molecular formula is C27H28ClFN6. The summed E-state index contributed by atoms with van der Waals surface area (Å²) in [5.74, 6) is 0.769. The maximum absolute atomic E-state index is 13.7. The Kier molecular flexibility index (Phi) is 7.18. The highest BCUT2D eigenvalue weighted by Crippen LogP contribution is 2.30. The van der Waals surface area contributed by atoms with Crippen LogP contribution in [0.1, 0.15) is 12.0 Å². The van der Waals surface area contributed by atoms with Crippen molar-refractivity contribution >= 4 is 34.0 Å². The third-order valence-electron chi connectivity index (χ3n) is 6.40. The Bertz CT molecular complexity index is 1310. The van der Waals surface area contributed by atoms with Crippen LogP contribution < -0.4 is 5.32 Å². The predicted octanol–water partition coefficient (Wildman–Crippen LogP) is 5.41. The number of nitrogens with zero attached hydrogens (tertiary/aromatic N) is 5. The summed E-state index contributed by atoms with van der Waals surface area (Å²) in [4.78, 5) is 18.7. The second kappa shape index (κ2) is 10.6. The van der Waals surface area contributed by atoms with Crippen molar-refractivity contribution in [2.45, 2.75) is 12.8 Å². The number of hydrogen-bond donors (Lipinski definition) is 1. The number of nitrogens with one attached hydrogen (secondary N) is 1. The highest BCUT2D eigenvalue weighted by molar-refractivity contribution is 6.31. The van der Waals surface area contributed by atoms with E-state index >= 15 is 0 Å². The van der Waals surface area contributed by atoms with Crippen LogP contribution in [0, 0.1) is 5.82 Å². The molecule has 0 atom stereocenters. The summed E-state index contributed by atoms with van der Waals surface area (Å²) in [7, 11) is 2.18. The Hall–Kier alpha value is -3.13. The van der Waals surface area contributed by atoms with Crippen LogP contribution in [0.15, 0.2) is 60.9 Å². The predicted molar refractivity (Wildman–Crippen MR) is 140 cm³/mol. The fraction of sp³-hybridized carbons (Fsp3) is 0.296. The molecule has 1 fully saturated rings. The number of rotatable bonds is 7. The molecule has 1 N–H and O–H groups in total. The van der Waals surface area contributed by atoms with E-state index in [2.05, 4.69) is 39.3 Å². The molecule has 6 nitrogen and oxygen atoms in total. The molecule has 0 radical (unpaired) electrons. The Morgan fingerprint density at radius 1 is 1.03 bits per heavy atom. The van der Waals surface area contributed by atoms with Crippen molar-refractivity contribution in [2.24, 2.45) is 0 Å². The van der Waals surface area contributed by atoms with E-state index in [1.807, 2.05) is 18.2 Å². The first kappa shape index (κ1) is 23.6. The van der Waals surface area contributed by atoms with Gasteiger partial charge in [0.15, 0.2) is 5.82 Å². The number of aromatic nitrogens is 3. The SMILES string of the molecule is CN1CCN(CCCc2ccc3nc(-c4cccnc4)nc(Nc4ccc(F)c(Cl)c4)c3c2)CC1. The van der Waals surface area contributed by atoms with E-state index in [1.54, 1.807) is 24.5 Å². The van der Waals surface area contributed by atoms with Crippen molar-refractivity contribution in [3.05, 3.63) is 77.3 Å². The van der Waals surface area contributed by atoms with Crippen LogP contribution in [-0.4, -0.2) is 64.5 Å². The number of fused-ring (bicyclic) bond motifs is 1. The molecule has 0 amide bonds. The van der Waals surface area contributed by atoms with E-state index in [-0.39, 0.29) is 5.02 Å². The van der Waals surface area contributed by atoms with E-state index < -0.39 is 5.82 Å². The Balaban J connectivity index is 1.42. The number of piperazine rings is 1. The quantitative estimate of drug-likeness (QED) is 0.374. The van der Waals surface area contributed by atoms with Crippen molar-refractivity contribution in [2.75, 3.05) is 45.1 Å². The molecule has 1 aliphatic rings.